The Bertz CT molecular complexity index is 623. The summed E-state index contributed by atoms with van der Waals surface area (Å²) in [5.74, 6) is 0.212. The van der Waals surface area contributed by atoms with Crippen LogP contribution in [0, 0.1) is 5.92 Å². The van der Waals surface area contributed by atoms with Gasteiger partial charge in [-0.3, -0.25) is 14.6 Å². The van der Waals surface area contributed by atoms with E-state index in [1.165, 1.54) is 32.8 Å². The van der Waals surface area contributed by atoms with Crippen LogP contribution in [0.25, 0.3) is 0 Å². The number of methoxy groups -OCH3 is 1. The fraction of sp³-hybridized carbons (Fsp3) is 0.682. The van der Waals surface area contributed by atoms with Crippen molar-refractivity contribution < 1.29 is 14.3 Å². The predicted octanol–water partition coefficient (Wildman–Crippen LogP) is 3.02. The van der Waals surface area contributed by atoms with E-state index >= 15 is 0 Å². The molecule has 154 valence electrons. The summed E-state index contributed by atoms with van der Waals surface area (Å²) < 4.78 is 4.68. The van der Waals surface area contributed by atoms with E-state index in [1.54, 1.807) is 6.20 Å². The molecule has 0 atom stereocenters. The lowest BCUT2D eigenvalue weighted by atomic mass is 9.94. The molecule has 0 bridgehead atoms. The van der Waals surface area contributed by atoms with E-state index in [0.717, 1.165) is 44.1 Å². The second kappa shape index (κ2) is 10.6. The van der Waals surface area contributed by atoms with Crippen molar-refractivity contribution >= 4 is 11.9 Å². The number of aromatic nitrogens is 1. The lowest BCUT2D eigenvalue weighted by molar-refractivity contribution is -0.144. The van der Waals surface area contributed by atoms with Gasteiger partial charge in [0.05, 0.1) is 13.5 Å². The topological polar surface area (TPSA) is 62.7 Å². The van der Waals surface area contributed by atoms with Gasteiger partial charge in [0, 0.05) is 37.9 Å². The van der Waals surface area contributed by atoms with Crippen LogP contribution in [-0.4, -0.2) is 59.4 Å². The fourth-order valence-corrected chi connectivity index (χ4v) is 4.52. The van der Waals surface area contributed by atoms with Crippen molar-refractivity contribution in [2.45, 2.75) is 64.0 Å². The average Bonchev–Trinajstić information content (AvgIpc) is 3.27. The van der Waals surface area contributed by atoms with Crippen LogP contribution in [0.2, 0.25) is 0 Å². The van der Waals surface area contributed by atoms with Gasteiger partial charge in [0.1, 0.15) is 0 Å². The Morgan fingerprint density at radius 3 is 2.57 bits per heavy atom. The number of piperidine rings is 1. The van der Waals surface area contributed by atoms with Crippen molar-refractivity contribution in [2.24, 2.45) is 5.92 Å². The molecule has 1 aromatic heterocycles. The smallest absolute Gasteiger partial charge is 0.306 e. The molecule has 1 saturated heterocycles. The van der Waals surface area contributed by atoms with Crippen molar-refractivity contribution in [3.8, 4) is 0 Å². The van der Waals surface area contributed by atoms with E-state index in [9.17, 15) is 9.59 Å². The molecule has 1 aliphatic heterocycles. The van der Waals surface area contributed by atoms with E-state index in [1.807, 2.05) is 23.2 Å². The molecule has 6 heteroatoms. The maximum atomic E-state index is 12.8. The summed E-state index contributed by atoms with van der Waals surface area (Å²) in [6.45, 7) is 3.60. The molecular weight excluding hydrogens is 354 g/mol. The van der Waals surface area contributed by atoms with Gasteiger partial charge in [0.15, 0.2) is 0 Å². The number of hydrogen-bond donors (Lipinski definition) is 0. The molecule has 0 spiro atoms. The quantitative estimate of drug-likeness (QED) is 0.642. The van der Waals surface area contributed by atoms with Gasteiger partial charge in [-0.15, -0.1) is 0 Å². The Hall–Kier alpha value is -1.95. The van der Waals surface area contributed by atoms with Crippen LogP contribution in [0.3, 0.4) is 0 Å². The largest absolute Gasteiger partial charge is 0.469 e. The zero-order chi connectivity index (χ0) is 19.8. The van der Waals surface area contributed by atoms with E-state index < -0.39 is 0 Å². The standard InChI is InChI=1S/C22H33N3O3/c1-28-22(27)9-8-21(26)25(17-19-5-4-12-23-15-19)16-18-10-13-24(14-11-18)20-6-2-3-7-20/h4-5,12,15,18,20H,2-3,6-11,13-14,16-17H2,1H3. The van der Waals surface area contributed by atoms with Crippen molar-refractivity contribution in [3.05, 3.63) is 30.1 Å². The molecule has 3 rings (SSSR count). The number of pyridine rings is 1. The van der Waals surface area contributed by atoms with Gasteiger partial charge in [-0.2, -0.15) is 0 Å². The first kappa shape index (κ1) is 20.8. The molecule has 0 N–H and O–H groups in total. The second-order valence-electron chi connectivity index (χ2n) is 8.13. The molecule has 2 fully saturated rings. The number of ether oxygens (including phenoxy) is 1. The number of nitrogens with zero attached hydrogens (tertiary/aromatic N) is 3. The molecule has 28 heavy (non-hydrogen) atoms. The van der Waals surface area contributed by atoms with Crippen LogP contribution in [0.1, 0.15) is 56.9 Å². The Kier molecular flexibility index (Phi) is 7.83. The second-order valence-corrected chi connectivity index (χ2v) is 8.13. The number of carbonyl (C=O) groups excluding carboxylic acids is 2. The van der Waals surface area contributed by atoms with Gasteiger partial charge in [-0.25, -0.2) is 0 Å². The maximum absolute atomic E-state index is 12.8. The van der Waals surface area contributed by atoms with Crippen molar-refractivity contribution in [2.75, 3.05) is 26.7 Å². The number of carbonyl (C=O) groups is 2. The Morgan fingerprint density at radius 2 is 1.93 bits per heavy atom. The zero-order valence-corrected chi connectivity index (χ0v) is 17.0. The third-order valence-corrected chi connectivity index (χ3v) is 6.19. The Balaban J connectivity index is 1.55. The van der Waals surface area contributed by atoms with Crippen LogP contribution in [-0.2, 0) is 20.9 Å². The third kappa shape index (κ3) is 6.03. The lowest BCUT2D eigenvalue weighted by Crippen LogP contribution is -2.43. The molecule has 1 aromatic rings. The summed E-state index contributed by atoms with van der Waals surface area (Å²) >= 11 is 0. The summed E-state index contributed by atoms with van der Waals surface area (Å²) in [5.41, 5.74) is 1.03. The highest BCUT2D eigenvalue weighted by Crippen LogP contribution is 2.28. The highest BCUT2D eigenvalue weighted by Gasteiger charge is 2.29. The average molecular weight is 388 g/mol. The molecule has 1 aliphatic carbocycles. The zero-order valence-electron chi connectivity index (χ0n) is 17.0. The lowest BCUT2D eigenvalue weighted by Gasteiger charge is -2.38. The summed E-state index contributed by atoms with van der Waals surface area (Å²) in [5, 5.41) is 0. The van der Waals surface area contributed by atoms with Crippen molar-refractivity contribution in [1.82, 2.24) is 14.8 Å². The molecular formula is C22H33N3O3. The number of likely N-dealkylation sites (tertiary alicyclic amines) is 1. The van der Waals surface area contributed by atoms with Gasteiger partial charge >= 0.3 is 5.97 Å². The number of rotatable bonds is 8. The summed E-state index contributed by atoms with van der Waals surface area (Å²) in [6, 6.07) is 4.68. The first-order valence-corrected chi connectivity index (χ1v) is 10.6. The monoisotopic (exact) mass is 387 g/mol. The number of esters is 1. The fourth-order valence-electron chi connectivity index (χ4n) is 4.52. The predicted molar refractivity (Wildman–Crippen MR) is 107 cm³/mol. The van der Waals surface area contributed by atoms with E-state index in [0.29, 0.717) is 12.5 Å². The van der Waals surface area contributed by atoms with Crippen molar-refractivity contribution in [3.63, 3.8) is 0 Å². The summed E-state index contributed by atoms with van der Waals surface area (Å²) in [6.07, 6.45) is 11.6. The third-order valence-electron chi connectivity index (χ3n) is 6.19. The SMILES string of the molecule is COC(=O)CCC(=O)N(Cc1cccnc1)CC1CCN(C2CCCC2)CC1. The van der Waals surface area contributed by atoms with Crippen LogP contribution >= 0.6 is 0 Å². The molecule has 0 aromatic carbocycles. The van der Waals surface area contributed by atoms with Gasteiger partial charge in [-0.05, 0) is 56.3 Å². The van der Waals surface area contributed by atoms with Crippen molar-refractivity contribution in [1.29, 1.82) is 0 Å². The summed E-state index contributed by atoms with van der Waals surface area (Å²) in [7, 11) is 1.36. The first-order valence-electron chi connectivity index (χ1n) is 10.6. The molecule has 2 aliphatic rings. The van der Waals surface area contributed by atoms with Crippen LogP contribution in [0.4, 0.5) is 0 Å². The normalized spacial score (nSPS) is 18.9. The molecule has 6 nitrogen and oxygen atoms in total. The molecule has 2 heterocycles. The minimum atomic E-state index is -0.334. The minimum Gasteiger partial charge on any atom is -0.469 e. The highest BCUT2D eigenvalue weighted by molar-refractivity contribution is 5.81. The first-order chi connectivity index (χ1) is 13.7. The van der Waals surface area contributed by atoms with E-state index in [-0.39, 0.29) is 24.7 Å². The van der Waals surface area contributed by atoms with E-state index in [2.05, 4.69) is 14.6 Å². The van der Waals surface area contributed by atoms with Crippen LogP contribution in [0.15, 0.2) is 24.5 Å². The molecule has 1 saturated carbocycles. The number of amides is 1. The maximum Gasteiger partial charge on any atom is 0.306 e. The molecule has 1 amide bonds. The Morgan fingerprint density at radius 1 is 1.18 bits per heavy atom. The number of hydrogen-bond acceptors (Lipinski definition) is 5. The minimum absolute atomic E-state index is 0.0208. The Labute approximate surface area is 168 Å². The highest BCUT2D eigenvalue weighted by atomic mass is 16.5. The van der Waals surface area contributed by atoms with Gasteiger partial charge in [0.2, 0.25) is 5.91 Å². The van der Waals surface area contributed by atoms with Crippen LogP contribution in [0.5, 0.6) is 0 Å². The molecule has 0 unspecified atom stereocenters. The van der Waals surface area contributed by atoms with E-state index in [4.69, 9.17) is 0 Å². The van der Waals surface area contributed by atoms with Gasteiger partial charge < -0.3 is 14.5 Å². The van der Waals surface area contributed by atoms with Crippen LogP contribution < -0.4 is 0 Å². The molecule has 0 radical (unpaired) electrons. The van der Waals surface area contributed by atoms with Gasteiger partial charge in [0.25, 0.3) is 0 Å². The van der Waals surface area contributed by atoms with Gasteiger partial charge in [-0.1, -0.05) is 18.9 Å². The summed E-state index contributed by atoms with van der Waals surface area (Å²) in [4.78, 5) is 33.0.